The van der Waals surface area contributed by atoms with Crippen LogP contribution in [0.3, 0.4) is 0 Å². The maximum absolute atomic E-state index is 12.1. The van der Waals surface area contributed by atoms with Crippen molar-refractivity contribution in [3.63, 3.8) is 0 Å². The first-order valence-corrected chi connectivity index (χ1v) is 7.06. The van der Waals surface area contributed by atoms with Crippen molar-refractivity contribution in [2.45, 2.75) is 58.5 Å². The van der Waals surface area contributed by atoms with Gasteiger partial charge >= 0.3 is 5.97 Å². The highest BCUT2D eigenvalue weighted by Gasteiger charge is 2.41. The number of esters is 1. The van der Waals surface area contributed by atoms with E-state index in [4.69, 9.17) is 4.74 Å². The molecule has 3 nitrogen and oxygen atoms in total. The molecule has 1 N–H and O–H groups in total. The average Bonchev–Trinajstić information content (AvgIpc) is 2.25. The van der Waals surface area contributed by atoms with Crippen LogP contribution in [0.15, 0.2) is 24.0 Å². The van der Waals surface area contributed by atoms with E-state index in [9.17, 15) is 9.90 Å². The van der Waals surface area contributed by atoms with Crippen molar-refractivity contribution in [1.82, 2.24) is 0 Å². The minimum absolute atomic E-state index is 0.205. The first kappa shape index (κ1) is 14.3. The van der Waals surface area contributed by atoms with Crippen LogP contribution < -0.4 is 0 Å². The van der Waals surface area contributed by atoms with Gasteiger partial charge in [0.2, 0.25) is 0 Å². The lowest BCUT2D eigenvalue weighted by molar-refractivity contribution is -0.151. The van der Waals surface area contributed by atoms with Crippen LogP contribution in [0.4, 0.5) is 0 Å². The predicted molar refractivity (Wildman–Crippen MR) is 74.3 cm³/mol. The molecule has 3 heteroatoms. The second-order valence-corrected chi connectivity index (χ2v) is 6.76. The SMILES string of the molecule is C=C1CC2C=C(OC(=O)C(C)(C)CC)CC(O)(C1)C2. The summed E-state index contributed by atoms with van der Waals surface area (Å²) in [5, 5.41) is 10.5. The highest BCUT2D eigenvalue weighted by Crippen LogP contribution is 2.44. The maximum Gasteiger partial charge on any atom is 0.316 e. The zero-order valence-electron chi connectivity index (χ0n) is 12.2. The zero-order chi connectivity index (χ0) is 14.3. The van der Waals surface area contributed by atoms with Gasteiger partial charge in [-0.05, 0) is 51.5 Å². The molecule has 0 spiro atoms. The fraction of sp³-hybridized carbons (Fsp3) is 0.688. The van der Waals surface area contributed by atoms with E-state index in [2.05, 4.69) is 6.58 Å². The fourth-order valence-corrected chi connectivity index (χ4v) is 2.91. The number of aliphatic hydroxyl groups is 1. The minimum atomic E-state index is -0.763. The molecule has 2 bridgehead atoms. The van der Waals surface area contributed by atoms with Gasteiger partial charge in [-0.3, -0.25) is 4.79 Å². The molecule has 0 aliphatic heterocycles. The summed E-state index contributed by atoms with van der Waals surface area (Å²) in [7, 11) is 0. The van der Waals surface area contributed by atoms with E-state index < -0.39 is 11.0 Å². The van der Waals surface area contributed by atoms with Crippen LogP contribution >= 0.6 is 0 Å². The second kappa shape index (κ2) is 4.78. The molecule has 2 unspecified atom stereocenters. The van der Waals surface area contributed by atoms with Crippen molar-refractivity contribution >= 4 is 5.97 Å². The number of allylic oxidation sites excluding steroid dienone is 1. The van der Waals surface area contributed by atoms with Crippen molar-refractivity contribution in [1.29, 1.82) is 0 Å². The Kier molecular flexibility index (Phi) is 3.61. The van der Waals surface area contributed by atoms with E-state index in [0.717, 1.165) is 24.8 Å². The molecule has 2 rings (SSSR count). The van der Waals surface area contributed by atoms with Gasteiger partial charge < -0.3 is 9.84 Å². The monoisotopic (exact) mass is 264 g/mol. The molecular formula is C16H24O3. The van der Waals surface area contributed by atoms with Crippen molar-refractivity contribution in [3.8, 4) is 0 Å². The van der Waals surface area contributed by atoms with Crippen molar-refractivity contribution in [2.75, 3.05) is 0 Å². The van der Waals surface area contributed by atoms with Gasteiger partial charge in [0, 0.05) is 6.42 Å². The predicted octanol–water partition coefficient (Wildman–Crippen LogP) is 3.34. The fourth-order valence-electron chi connectivity index (χ4n) is 2.91. The molecule has 0 amide bonds. The van der Waals surface area contributed by atoms with Crippen LogP contribution in [0.1, 0.15) is 52.9 Å². The van der Waals surface area contributed by atoms with Crippen LogP contribution in [-0.4, -0.2) is 16.7 Å². The Morgan fingerprint density at radius 3 is 2.84 bits per heavy atom. The van der Waals surface area contributed by atoms with Gasteiger partial charge in [0.25, 0.3) is 0 Å². The summed E-state index contributed by atoms with van der Waals surface area (Å²) < 4.78 is 5.52. The first-order chi connectivity index (χ1) is 8.74. The van der Waals surface area contributed by atoms with Gasteiger partial charge in [0.15, 0.2) is 0 Å². The molecular weight excluding hydrogens is 240 g/mol. The molecule has 1 fully saturated rings. The van der Waals surface area contributed by atoms with Crippen molar-refractivity contribution in [3.05, 3.63) is 24.0 Å². The molecule has 0 aromatic carbocycles. The third-order valence-electron chi connectivity index (χ3n) is 4.36. The third kappa shape index (κ3) is 3.08. The quantitative estimate of drug-likeness (QED) is 0.628. The summed E-state index contributed by atoms with van der Waals surface area (Å²) in [6.45, 7) is 9.73. The number of ether oxygens (including phenoxy) is 1. The molecule has 19 heavy (non-hydrogen) atoms. The van der Waals surface area contributed by atoms with E-state index in [0.29, 0.717) is 18.6 Å². The Labute approximate surface area is 115 Å². The first-order valence-electron chi connectivity index (χ1n) is 7.06. The normalized spacial score (nSPS) is 30.8. The molecule has 0 aromatic heterocycles. The van der Waals surface area contributed by atoms with Gasteiger partial charge in [-0.1, -0.05) is 19.1 Å². The smallest absolute Gasteiger partial charge is 0.316 e. The summed E-state index contributed by atoms with van der Waals surface area (Å²) in [5.41, 5.74) is -0.144. The molecule has 1 saturated carbocycles. The van der Waals surface area contributed by atoms with Crippen molar-refractivity contribution < 1.29 is 14.6 Å². The number of hydrogen-bond acceptors (Lipinski definition) is 3. The molecule has 0 saturated heterocycles. The van der Waals surface area contributed by atoms with Gasteiger partial charge in [0.1, 0.15) is 5.76 Å². The van der Waals surface area contributed by atoms with E-state index in [-0.39, 0.29) is 11.9 Å². The molecule has 106 valence electrons. The van der Waals surface area contributed by atoms with Gasteiger partial charge in [-0.15, -0.1) is 0 Å². The minimum Gasteiger partial charge on any atom is -0.431 e. The van der Waals surface area contributed by atoms with Crippen LogP contribution in [-0.2, 0) is 9.53 Å². The lowest BCUT2D eigenvalue weighted by Crippen LogP contribution is -2.40. The van der Waals surface area contributed by atoms with Gasteiger partial charge in [0.05, 0.1) is 11.0 Å². The summed E-state index contributed by atoms with van der Waals surface area (Å²) in [6.07, 6.45) is 5.43. The number of rotatable bonds is 3. The molecule has 0 heterocycles. The summed E-state index contributed by atoms with van der Waals surface area (Å²) in [4.78, 5) is 12.1. The lowest BCUT2D eigenvalue weighted by atomic mass is 9.70. The van der Waals surface area contributed by atoms with Crippen LogP contribution in [0.2, 0.25) is 0 Å². The van der Waals surface area contributed by atoms with Gasteiger partial charge in [-0.25, -0.2) is 0 Å². The molecule has 0 aromatic rings. The highest BCUT2D eigenvalue weighted by molar-refractivity contribution is 5.76. The van der Waals surface area contributed by atoms with E-state index >= 15 is 0 Å². The average molecular weight is 264 g/mol. The second-order valence-electron chi connectivity index (χ2n) is 6.76. The molecule has 2 aliphatic carbocycles. The van der Waals surface area contributed by atoms with Crippen LogP contribution in [0, 0.1) is 11.3 Å². The van der Waals surface area contributed by atoms with Crippen molar-refractivity contribution in [2.24, 2.45) is 11.3 Å². The summed E-state index contributed by atoms with van der Waals surface area (Å²) in [5.74, 6) is 0.689. The topological polar surface area (TPSA) is 46.5 Å². The largest absolute Gasteiger partial charge is 0.431 e. The number of hydrogen-bond donors (Lipinski definition) is 1. The van der Waals surface area contributed by atoms with Gasteiger partial charge in [-0.2, -0.15) is 0 Å². The maximum atomic E-state index is 12.1. The molecule has 2 atom stereocenters. The number of fused-ring (bicyclic) bond motifs is 2. The van der Waals surface area contributed by atoms with E-state index in [1.165, 1.54) is 0 Å². The highest BCUT2D eigenvalue weighted by atomic mass is 16.5. The molecule has 2 aliphatic rings. The Hall–Kier alpha value is -1.09. The summed E-state index contributed by atoms with van der Waals surface area (Å²) >= 11 is 0. The number of carbonyl (C=O) groups excluding carboxylic acids is 1. The summed E-state index contributed by atoms with van der Waals surface area (Å²) in [6, 6.07) is 0. The molecule has 0 radical (unpaired) electrons. The third-order valence-corrected chi connectivity index (χ3v) is 4.36. The zero-order valence-corrected chi connectivity index (χ0v) is 12.2. The lowest BCUT2D eigenvalue weighted by Gasteiger charge is -2.41. The van der Waals surface area contributed by atoms with Crippen LogP contribution in [0.5, 0.6) is 0 Å². The Balaban J connectivity index is 2.11. The standard InChI is InChI=1S/C16H24O3/c1-5-15(3,4)14(17)19-13-7-12-6-11(2)8-16(18,9-12)10-13/h7,12,18H,2,5-6,8-10H2,1,3-4H3. The van der Waals surface area contributed by atoms with E-state index in [1.807, 2.05) is 26.8 Å². The Bertz CT molecular complexity index is 433. The Morgan fingerprint density at radius 2 is 2.26 bits per heavy atom. The van der Waals surface area contributed by atoms with E-state index in [1.54, 1.807) is 0 Å². The van der Waals surface area contributed by atoms with Crippen LogP contribution in [0.25, 0.3) is 0 Å². The number of carbonyl (C=O) groups is 1. The Morgan fingerprint density at radius 1 is 1.58 bits per heavy atom.